The van der Waals surface area contributed by atoms with Crippen molar-refractivity contribution < 1.29 is 71.7 Å². The van der Waals surface area contributed by atoms with Crippen molar-refractivity contribution in [1.29, 1.82) is 0 Å². The number of fused-ring (bicyclic) bond motifs is 8. The summed E-state index contributed by atoms with van der Waals surface area (Å²) in [6.07, 6.45) is -9.04. The molecule has 0 unspecified atom stereocenters. The fourth-order valence-electron chi connectivity index (χ4n) is 11.7. The minimum Gasteiger partial charge on any atom is -0.456 e. The van der Waals surface area contributed by atoms with E-state index in [0.717, 1.165) is 0 Å². The van der Waals surface area contributed by atoms with Crippen molar-refractivity contribution in [2.75, 3.05) is 39.5 Å². The number of ether oxygens (including phenoxy) is 8. The zero-order valence-electron chi connectivity index (χ0n) is 37.6. The number of alkyl carbamates (subject to hydrolysis) is 1. The third kappa shape index (κ3) is 7.76. The van der Waals surface area contributed by atoms with E-state index >= 15 is 0 Å². The molecular formula is C46H63FN2O14. The first-order valence-electron chi connectivity index (χ1n) is 22.1. The number of benzene rings is 1. The molecule has 3 aliphatic carbocycles. The van der Waals surface area contributed by atoms with Crippen molar-refractivity contribution in [3.05, 3.63) is 47.0 Å². The molecule has 8 rings (SSSR count). The highest BCUT2D eigenvalue weighted by Crippen LogP contribution is 2.66. The highest BCUT2D eigenvalue weighted by atomic mass is 19.1. The Hall–Kier alpha value is -3.71. The summed E-state index contributed by atoms with van der Waals surface area (Å²) < 4.78 is 64.3. The van der Waals surface area contributed by atoms with Crippen LogP contribution in [0.1, 0.15) is 91.9 Å². The Morgan fingerprint density at radius 3 is 2.27 bits per heavy atom. The topological polar surface area (TPSA) is 198 Å². The Morgan fingerprint density at radius 1 is 1.02 bits per heavy atom. The number of alkyl halides is 1. The van der Waals surface area contributed by atoms with E-state index in [4.69, 9.17) is 37.9 Å². The lowest BCUT2D eigenvalue weighted by Crippen LogP contribution is -2.79. The number of rotatable bonds is 10. The fourth-order valence-corrected chi connectivity index (χ4v) is 11.7. The minimum absolute atomic E-state index is 0.0540. The van der Waals surface area contributed by atoms with E-state index in [-0.39, 0.29) is 51.4 Å². The minimum atomic E-state index is -2.09. The smallest absolute Gasteiger partial charge is 0.407 e. The summed E-state index contributed by atoms with van der Waals surface area (Å²) in [6.45, 7) is 16.4. The largest absolute Gasteiger partial charge is 0.456 e. The molecule has 4 heterocycles. The molecule has 17 heteroatoms. The maximum absolute atomic E-state index is 14.4. The highest BCUT2D eigenvalue weighted by Gasteiger charge is 2.77. The number of esters is 3. The molecule has 348 valence electrons. The average Bonchev–Trinajstić information content (AvgIpc) is 3.58. The molecule has 1 aromatic carbocycles. The molecule has 12 atom stereocenters. The van der Waals surface area contributed by atoms with Crippen molar-refractivity contribution >= 4 is 24.0 Å². The van der Waals surface area contributed by atoms with E-state index < -0.39 is 118 Å². The molecular weight excluding hydrogens is 824 g/mol. The number of hydrogen-bond acceptors (Lipinski definition) is 15. The maximum atomic E-state index is 14.4. The standard InChI is InChI=1S/C46H63FN2O14/c1-24-28(58-39(53)32(51)35(43(8)21-56-22-43)48-40(54)63-41(3,4)5)17-46(55)37(61-38(52)26-13-11-10-12-14-26)34-44(9,16-15-29-45(34,23-57-29)62-25(2)50)36-33(31(24)42(46,6)7)59-30(60-36)20-49-18-27(47)19-49/h10-14,27-30,32-37,51,55H,15-23H2,1-9H3,(H,48,54)/t28-,29+,30+,32+,33+,34-,35+,36+,37-,44+,45-,46+/m0/s1. The van der Waals surface area contributed by atoms with Crippen LogP contribution in [0, 0.1) is 22.2 Å². The van der Waals surface area contributed by atoms with Gasteiger partial charge < -0.3 is 53.4 Å². The van der Waals surface area contributed by atoms with Crippen LogP contribution >= 0.6 is 0 Å². The quantitative estimate of drug-likeness (QED) is 0.174. The second-order valence-corrected chi connectivity index (χ2v) is 20.9. The van der Waals surface area contributed by atoms with Crippen LogP contribution in [0.4, 0.5) is 9.18 Å². The van der Waals surface area contributed by atoms with Gasteiger partial charge in [-0.3, -0.25) is 9.69 Å². The summed E-state index contributed by atoms with van der Waals surface area (Å²) in [4.78, 5) is 57.0. The van der Waals surface area contributed by atoms with E-state index in [1.165, 1.54) is 6.92 Å². The Morgan fingerprint density at radius 2 is 1.70 bits per heavy atom. The zero-order chi connectivity index (χ0) is 45.7. The first-order chi connectivity index (χ1) is 29.4. The Labute approximate surface area is 367 Å². The molecule has 4 aliphatic heterocycles. The lowest BCUT2D eigenvalue weighted by molar-refractivity contribution is -0.345. The van der Waals surface area contributed by atoms with Crippen molar-refractivity contribution in [2.24, 2.45) is 22.2 Å². The van der Waals surface area contributed by atoms with Gasteiger partial charge in [0.15, 0.2) is 18.0 Å². The average molecular weight is 887 g/mol. The number of nitrogens with one attached hydrogen (secondary N) is 1. The van der Waals surface area contributed by atoms with Crippen LogP contribution in [0.2, 0.25) is 0 Å². The van der Waals surface area contributed by atoms with Crippen molar-refractivity contribution in [3.63, 3.8) is 0 Å². The molecule has 0 radical (unpaired) electrons. The number of nitrogens with zero attached hydrogens (tertiary/aromatic N) is 1. The number of halogens is 1. The first kappa shape index (κ1) is 45.8. The van der Waals surface area contributed by atoms with Crippen LogP contribution in [-0.4, -0.2) is 150 Å². The summed E-state index contributed by atoms with van der Waals surface area (Å²) in [5.74, 6) is -3.40. The number of carbonyl (C=O) groups excluding carboxylic acids is 4. The van der Waals surface area contributed by atoms with E-state index in [1.54, 1.807) is 65.0 Å². The molecule has 63 heavy (non-hydrogen) atoms. The van der Waals surface area contributed by atoms with Gasteiger partial charge in [-0.2, -0.15) is 0 Å². The summed E-state index contributed by atoms with van der Waals surface area (Å²) in [6, 6.07) is 7.15. The molecule has 1 aromatic rings. The first-order valence-corrected chi connectivity index (χ1v) is 22.1. The Balaban J connectivity index is 1.25. The van der Waals surface area contributed by atoms with Gasteiger partial charge in [0, 0.05) is 49.2 Å². The number of aliphatic hydroxyl groups excluding tert-OH is 1. The van der Waals surface area contributed by atoms with Gasteiger partial charge in [-0.25, -0.2) is 18.8 Å². The third-order valence-electron chi connectivity index (χ3n) is 15.0. The van der Waals surface area contributed by atoms with Gasteiger partial charge in [0.2, 0.25) is 0 Å². The molecule has 7 aliphatic rings. The molecule has 1 amide bonds. The van der Waals surface area contributed by atoms with E-state index in [1.807, 2.05) is 25.7 Å². The van der Waals surface area contributed by atoms with Crippen LogP contribution in [0.5, 0.6) is 0 Å². The van der Waals surface area contributed by atoms with Gasteiger partial charge >= 0.3 is 24.0 Å². The van der Waals surface area contributed by atoms with E-state index in [2.05, 4.69) is 5.32 Å². The molecule has 0 aromatic heterocycles. The summed E-state index contributed by atoms with van der Waals surface area (Å²) in [7, 11) is 0. The lowest BCUT2D eigenvalue weighted by Gasteiger charge is -2.68. The van der Waals surface area contributed by atoms with E-state index in [0.29, 0.717) is 24.0 Å². The van der Waals surface area contributed by atoms with E-state index in [9.17, 15) is 33.8 Å². The van der Waals surface area contributed by atoms with Crippen LogP contribution in [0.15, 0.2) is 41.5 Å². The zero-order valence-corrected chi connectivity index (χ0v) is 37.6. The van der Waals surface area contributed by atoms with Gasteiger partial charge in [0.05, 0.1) is 43.4 Å². The number of carbonyl (C=O) groups is 4. The van der Waals surface area contributed by atoms with Gasteiger partial charge in [0.25, 0.3) is 0 Å². The van der Waals surface area contributed by atoms with Gasteiger partial charge in [-0.15, -0.1) is 0 Å². The predicted octanol–water partition coefficient (Wildman–Crippen LogP) is 3.79. The van der Waals surface area contributed by atoms with Gasteiger partial charge in [-0.05, 0) is 63.8 Å². The monoisotopic (exact) mass is 886 g/mol. The normalized spacial score (nSPS) is 37.7. The van der Waals surface area contributed by atoms with Crippen molar-refractivity contribution in [3.8, 4) is 0 Å². The highest BCUT2D eigenvalue weighted by molar-refractivity contribution is 5.89. The fraction of sp³-hybridized carbons (Fsp3) is 0.739. The van der Waals surface area contributed by atoms with Crippen molar-refractivity contribution in [2.45, 2.75) is 154 Å². The third-order valence-corrected chi connectivity index (χ3v) is 15.0. The summed E-state index contributed by atoms with van der Waals surface area (Å²) in [5.41, 5.74) is -6.29. The van der Waals surface area contributed by atoms with Gasteiger partial charge in [0.1, 0.15) is 41.8 Å². The second kappa shape index (κ2) is 16.0. The summed E-state index contributed by atoms with van der Waals surface area (Å²) >= 11 is 0. The van der Waals surface area contributed by atoms with Crippen LogP contribution in [-0.2, 0) is 47.5 Å². The molecule has 6 fully saturated rings. The SMILES string of the molecule is CC(=O)O[C@@]12CO[C@@H]1CC[C@@]1(C)[C@@H]3O[C@H](CN4CC(F)C4)O[C@@H]3C3=C(C)[C@@H](OC(=O)[C@H](O)[C@@H](NC(=O)OC(C)(C)C)C4(C)COC4)C[C@@](O)([C@@H](OC(=O)c4ccccc4)[C@@H]12)C3(C)C. The molecule has 3 N–H and O–H groups in total. The van der Waals surface area contributed by atoms with Gasteiger partial charge in [-0.1, -0.05) is 45.9 Å². The Kier molecular flexibility index (Phi) is 11.7. The van der Waals surface area contributed by atoms with Crippen LogP contribution < -0.4 is 5.32 Å². The summed E-state index contributed by atoms with van der Waals surface area (Å²) in [5, 5.41) is 28.4. The van der Waals surface area contributed by atoms with Crippen molar-refractivity contribution in [1.82, 2.24) is 10.2 Å². The van der Waals surface area contributed by atoms with Crippen LogP contribution in [0.25, 0.3) is 0 Å². The molecule has 2 bridgehead atoms. The van der Waals surface area contributed by atoms with Crippen LogP contribution in [0.3, 0.4) is 0 Å². The molecule has 16 nitrogen and oxygen atoms in total. The maximum Gasteiger partial charge on any atom is 0.407 e. The number of hydrogen-bond donors (Lipinski definition) is 3. The molecule has 0 spiro atoms. The molecule has 4 saturated heterocycles. The second-order valence-electron chi connectivity index (χ2n) is 20.9. The predicted molar refractivity (Wildman–Crippen MR) is 220 cm³/mol. The number of aliphatic hydroxyl groups is 2. The Bertz CT molecular complexity index is 2000. The number of amides is 1. The number of likely N-dealkylation sites (tertiary alicyclic amines) is 1. The molecule has 2 saturated carbocycles. The lowest BCUT2D eigenvalue weighted by atomic mass is 9.45.